The van der Waals surface area contributed by atoms with E-state index in [0.29, 0.717) is 38.5 Å². The Morgan fingerprint density at radius 3 is 1.87 bits per heavy atom. The number of carbonyl (C=O) groups excluding carboxylic acids is 1. The zero-order valence-electron chi connectivity index (χ0n) is 48.8. The highest BCUT2D eigenvalue weighted by molar-refractivity contribution is 5.79. The minimum atomic E-state index is -1.88. The maximum absolute atomic E-state index is 15.2. The van der Waals surface area contributed by atoms with Gasteiger partial charge in [0, 0.05) is 0 Å². The van der Waals surface area contributed by atoms with E-state index < -0.39 is 171 Å². The first kappa shape index (κ1) is 64.3. The van der Waals surface area contributed by atoms with Gasteiger partial charge in [0.2, 0.25) is 6.29 Å². The number of hydrogen-bond donors (Lipinski definition) is 14. The highest BCUT2D eigenvalue weighted by Crippen LogP contribution is 2.76. The normalized spacial score (nSPS) is 54.2. The Labute approximate surface area is 483 Å². The van der Waals surface area contributed by atoms with E-state index in [1.54, 1.807) is 0 Å². The lowest BCUT2D eigenvalue weighted by molar-refractivity contribution is -0.361. The van der Waals surface area contributed by atoms with Gasteiger partial charge in [-0.15, -0.1) is 0 Å². The Bertz CT molecular complexity index is 2310. The zero-order valence-corrected chi connectivity index (χ0v) is 48.8. The average Bonchev–Trinajstić information content (AvgIpc) is 2.63. The second kappa shape index (κ2) is 23.6. The summed E-state index contributed by atoms with van der Waals surface area (Å²) in [7, 11) is 0. The maximum Gasteiger partial charge on any atom is 0.315 e. The van der Waals surface area contributed by atoms with Crippen LogP contribution >= 0.6 is 0 Å². The van der Waals surface area contributed by atoms with E-state index in [1.165, 1.54) is 12.5 Å². The van der Waals surface area contributed by atoms with Gasteiger partial charge in [-0.1, -0.05) is 60.1 Å². The van der Waals surface area contributed by atoms with Crippen molar-refractivity contribution >= 4 is 5.97 Å². The van der Waals surface area contributed by atoms with Crippen LogP contribution in [0.15, 0.2) is 11.6 Å². The number of carbonyl (C=O) groups is 1. The first-order valence-corrected chi connectivity index (χ1v) is 30.0. The molecular formula is C58H94O25. The molecule has 10 rings (SSSR count). The van der Waals surface area contributed by atoms with E-state index >= 15 is 4.79 Å². The van der Waals surface area contributed by atoms with Gasteiger partial charge in [0.1, 0.15) is 104 Å². The number of allylic oxidation sites excluding steroid dienone is 2. The van der Waals surface area contributed by atoms with Gasteiger partial charge < -0.3 is 119 Å². The number of esters is 1. The number of fused-ring (bicyclic) bond motifs is 7. The molecule has 25 nitrogen and oxygen atoms in total. The number of ether oxygens (including phenoxy) is 10. The van der Waals surface area contributed by atoms with E-state index in [2.05, 4.69) is 54.5 Å². The van der Waals surface area contributed by atoms with Gasteiger partial charge in [0.15, 0.2) is 25.2 Å². The minimum absolute atomic E-state index is 0.145. The lowest BCUT2D eigenvalue weighted by atomic mass is 9.33. The molecule has 5 heterocycles. The standard InChI is InChI=1S/C58H94O25/c1-24-34(62)37(65)41(69)50(77-24)82-46-29(20-59)78-47(43(71)39(46)67)76-23-30-36(64)38(66)42(70)51(79-30)83-52(73)58-17-15-53(2,3)19-26(58)25-9-10-32-55(6)13-12-33(54(4,5)31(55)11-14-57(32,8)56(25,7)16-18-58)80-49-44(72)45(28(61)22-75-49)81-48-40(68)35(63)27(60)21-74-48/h9,24,26-51,59-72H,10-23H2,1-8H3/t24-,26-,27-,28-,29+,30+,31-,32+,33-,34-,35-,36+,37+,38-,39+,40+,41+,42+,43+,44+,45-,46+,47+,48-,49-,50-,51-,55-,56+,57+,58-/m0/s1. The van der Waals surface area contributed by atoms with E-state index in [0.717, 1.165) is 25.7 Å². The van der Waals surface area contributed by atoms with Gasteiger partial charge in [0.25, 0.3) is 0 Å². The average molecular weight is 1190 g/mol. The quantitative estimate of drug-likeness (QED) is 0.0576. The molecule has 0 aromatic heterocycles. The Morgan fingerprint density at radius 1 is 0.566 bits per heavy atom. The van der Waals surface area contributed by atoms with Crippen LogP contribution in [0.4, 0.5) is 0 Å². The number of aliphatic hydroxyl groups is 14. The Balaban J connectivity index is 0.813. The Hall–Kier alpha value is -1.71. The molecule has 5 saturated heterocycles. The third-order valence-electron chi connectivity index (χ3n) is 22.7. The summed E-state index contributed by atoms with van der Waals surface area (Å²) < 4.78 is 58.8. The first-order chi connectivity index (χ1) is 38.8. The monoisotopic (exact) mass is 1190 g/mol. The van der Waals surface area contributed by atoms with Crippen LogP contribution in [-0.4, -0.2) is 251 Å². The third-order valence-corrected chi connectivity index (χ3v) is 22.7. The van der Waals surface area contributed by atoms with Crippen LogP contribution in [0.3, 0.4) is 0 Å². The van der Waals surface area contributed by atoms with Crippen LogP contribution in [-0.2, 0) is 52.2 Å². The van der Waals surface area contributed by atoms with Crippen LogP contribution < -0.4 is 0 Å². The first-order valence-electron chi connectivity index (χ1n) is 30.0. The summed E-state index contributed by atoms with van der Waals surface area (Å²) in [6.45, 7) is 15.5. The molecule has 0 bridgehead atoms. The van der Waals surface area contributed by atoms with Crippen molar-refractivity contribution < 1.29 is 124 Å². The zero-order chi connectivity index (χ0) is 60.4. The second-order valence-electron chi connectivity index (χ2n) is 28.2. The SMILES string of the molecule is C[C@@H]1O[C@@H](O[C@H]2[C@H](O)[C@@H](O)[C@H](OC[C@H]3O[C@@H](OC(=O)[C@]45CCC(C)(C)C[C@H]4C4=CC[C@@H]6[C@@]7(C)CC[C@H](O[C@@H]8OC[C@H](O)[C@H](O[C@@H]9OC[C@H](O)[C@H](O)[C@H]9O)[C@H]8O)C(C)(C)[C@@H]7CC[C@@]6(C)[C@]4(C)CC5)[C@H](O)[C@@H](O)[C@@H]3O)O[C@@H]2CO)[C@H](O)[C@H](O)[C@H]1O. The van der Waals surface area contributed by atoms with Crippen LogP contribution in [0.2, 0.25) is 0 Å². The smallest absolute Gasteiger partial charge is 0.315 e. The molecule has 31 atom stereocenters. The fourth-order valence-electron chi connectivity index (χ4n) is 17.3. The molecule has 0 aromatic rings. The molecule has 10 aliphatic rings. The molecule has 83 heavy (non-hydrogen) atoms. The summed E-state index contributed by atoms with van der Waals surface area (Å²) in [5, 5.41) is 150. The van der Waals surface area contributed by atoms with Gasteiger partial charge in [-0.05, 0) is 116 Å². The fourth-order valence-corrected chi connectivity index (χ4v) is 17.3. The molecule has 5 aliphatic heterocycles. The van der Waals surface area contributed by atoms with Crippen molar-refractivity contribution in [3.8, 4) is 0 Å². The van der Waals surface area contributed by atoms with Crippen molar-refractivity contribution in [2.45, 2.75) is 267 Å². The molecule has 14 N–H and O–H groups in total. The minimum Gasteiger partial charge on any atom is -0.432 e. The largest absolute Gasteiger partial charge is 0.432 e. The van der Waals surface area contributed by atoms with Gasteiger partial charge in [-0.25, -0.2) is 0 Å². The van der Waals surface area contributed by atoms with Gasteiger partial charge in [-0.3, -0.25) is 4.79 Å². The van der Waals surface area contributed by atoms with E-state index in [4.69, 9.17) is 47.4 Å². The van der Waals surface area contributed by atoms with Crippen LogP contribution in [0, 0.1) is 50.2 Å². The molecule has 4 saturated carbocycles. The summed E-state index contributed by atoms with van der Waals surface area (Å²) in [6, 6.07) is 0. The molecule has 476 valence electrons. The number of rotatable bonds is 12. The highest BCUT2D eigenvalue weighted by Gasteiger charge is 2.70. The van der Waals surface area contributed by atoms with Gasteiger partial charge in [0.05, 0.1) is 44.1 Å². The molecule has 0 unspecified atom stereocenters. The molecule has 25 heteroatoms. The molecular weight excluding hydrogens is 1100 g/mol. The molecule has 0 aromatic carbocycles. The molecule has 0 radical (unpaired) electrons. The van der Waals surface area contributed by atoms with Crippen molar-refractivity contribution in [2.24, 2.45) is 50.2 Å². The molecule has 5 aliphatic carbocycles. The van der Waals surface area contributed by atoms with Crippen LogP contribution in [0.1, 0.15) is 120 Å². The summed E-state index contributed by atoms with van der Waals surface area (Å²) in [5.41, 5.74) is -1.04. The van der Waals surface area contributed by atoms with Crippen molar-refractivity contribution in [1.82, 2.24) is 0 Å². The second-order valence-corrected chi connectivity index (χ2v) is 28.2. The molecule has 9 fully saturated rings. The van der Waals surface area contributed by atoms with Crippen molar-refractivity contribution in [3.05, 3.63) is 11.6 Å². The predicted octanol–water partition coefficient (Wildman–Crippen LogP) is -1.91. The molecule has 0 amide bonds. The Morgan fingerprint density at radius 2 is 1.17 bits per heavy atom. The summed E-state index contributed by atoms with van der Waals surface area (Å²) in [6.07, 6.45) is -26.7. The van der Waals surface area contributed by atoms with Crippen molar-refractivity contribution in [1.29, 1.82) is 0 Å². The predicted molar refractivity (Wildman–Crippen MR) is 282 cm³/mol. The number of aliphatic hydroxyl groups excluding tert-OH is 14. The lowest BCUT2D eigenvalue weighted by Gasteiger charge is -2.71. The summed E-state index contributed by atoms with van der Waals surface area (Å²) in [5.74, 6) is -0.412. The van der Waals surface area contributed by atoms with Crippen molar-refractivity contribution in [3.63, 3.8) is 0 Å². The lowest BCUT2D eigenvalue weighted by Crippen LogP contribution is -2.66. The number of hydrogen-bond acceptors (Lipinski definition) is 25. The van der Waals surface area contributed by atoms with E-state index in [1.807, 2.05) is 0 Å². The van der Waals surface area contributed by atoms with Crippen LogP contribution in [0.25, 0.3) is 0 Å². The van der Waals surface area contributed by atoms with Crippen molar-refractivity contribution in [2.75, 3.05) is 26.4 Å². The summed E-state index contributed by atoms with van der Waals surface area (Å²) in [4.78, 5) is 15.2. The highest BCUT2D eigenvalue weighted by atomic mass is 16.8. The van der Waals surface area contributed by atoms with E-state index in [9.17, 15) is 71.5 Å². The Kier molecular flexibility index (Phi) is 18.3. The topological polar surface area (TPSA) is 393 Å². The van der Waals surface area contributed by atoms with Crippen LogP contribution in [0.5, 0.6) is 0 Å². The maximum atomic E-state index is 15.2. The third kappa shape index (κ3) is 10.9. The molecule has 0 spiro atoms. The van der Waals surface area contributed by atoms with Gasteiger partial charge in [-0.2, -0.15) is 0 Å². The van der Waals surface area contributed by atoms with E-state index in [-0.39, 0.29) is 58.7 Å². The fraction of sp³-hybridized carbons (Fsp3) is 0.948. The van der Waals surface area contributed by atoms with Gasteiger partial charge >= 0.3 is 5.97 Å². The summed E-state index contributed by atoms with van der Waals surface area (Å²) >= 11 is 0.